The Labute approximate surface area is 199 Å². The van der Waals surface area contributed by atoms with Crippen molar-refractivity contribution in [3.05, 3.63) is 59.7 Å². The summed E-state index contributed by atoms with van der Waals surface area (Å²) in [4.78, 5) is 15.3. The number of amides is 1. The Morgan fingerprint density at radius 2 is 1.62 bits per heavy atom. The number of ether oxygens (including phenoxy) is 1. The molecule has 2 aliphatic heterocycles. The fraction of sp³-hybridized carbons (Fsp3) is 0.480. The first kappa shape index (κ1) is 24.6. The van der Waals surface area contributed by atoms with Crippen molar-refractivity contribution in [2.45, 2.75) is 49.5 Å². The standard InChI is InChI=1S/C25H30F2N2O4S/c1-33-20-8-6-18(7-9-20)24-5-3-2-4-14-29(24)25(30)19-12-15-28(16-13-19)34(31,32)21-10-11-22(26)23(27)17-21/h6-11,17,19,24H,2-5,12-16H2,1H3. The molecule has 1 unspecified atom stereocenters. The highest BCUT2D eigenvalue weighted by molar-refractivity contribution is 7.89. The van der Waals surface area contributed by atoms with E-state index < -0.39 is 21.7 Å². The maximum Gasteiger partial charge on any atom is 0.243 e. The van der Waals surface area contributed by atoms with E-state index in [0.29, 0.717) is 25.5 Å². The number of hydrogen-bond acceptors (Lipinski definition) is 4. The van der Waals surface area contributed by atoms with Gasteiger partial charge >= 0.3 is 0 Å². The van der Waals surface area contributed by atoms with Gasteiger partial charge in [0, 0.05) is 25.6 Å². The van der Waals surface area contributed by atoms with E-state index in [1.165, 1.54) is 4.31 Å². The van der Waals surface area contributed by atoms with Crippen LogP contribution in [0.4, 0.5) is 8.78 Å². The molecule has 2 aliphatic rings. The van der Waals surface area contributed by atoms with Gasteiger partial charge in [0.25, 0.3) is 0 Å². The number of sulfonamides is 1. The molecule has 2 saturated heterocycles. The van der Waals surface area contributed by atoms with Crippen LogP contribution in [0.5, 0.6) is 5.75 Å². The second kappa shape index (κ2) is 10.4. The van der Waals surface area contributed by atoms with Gasteiger partial charge in [-0.3, -0.25) is 4.79 Å². The Kier molecular flexibility index (Phi) is 7.52. The summed E-state index contributed by atoms with van der Waals surface area (Å²) in [6.45, 7) is 1.01. The van der Waals surface area contributed by atoms with Gasteiger partial charge < -0.3 is 9.64 Å². The molecule has 0 bridgehead atoms. The number of halogens is 2. The van der Waals surface area contributed by atoms with Crippen LogP contribution >= 0.6 is 0 Å². The number of benzene rings is 2. The maximum absolute atomic E-state index is 13.6. The Morgan fingerprint density at radius 1 is 0.912 bits per heavy atom. The summed E-state index contributed by atoms with van der Waals surface area (Å²) in [7, 11) is -2.33. The molecule has 2 aromatic rings. The minimum absolute atomic E-state index is 0.00939. The molecule has 0 N–H and O–H groups in total. The molecule has 34 heavy (non-hydrogen) atoms. The van der Waals surface area contributed by atoms with Crippen LogP contribution in [0.2, 0.25) is 0 Å². The number of methoxy groups -OCH3 is 1. The van der Waals surface area contributed by atoms with E-state index >= 15 is 0 Å². The number of rotatable bonds is 5. The maximum atomic E-state index is 13.6. The van der Waals surface area contributed by atoms with Crippen molar-refractivity contribution in [3.63, 3.8) is 0 Å². The lowest BCUT2D eigenvalue weighted by atomic mass is 9.94. The highest BCUT2D eigenvalue weighted by Gasteiger charge is 2.36. The molecule has 0 spiro atoms. The first-order valence-electron chi connectivity index (χ1n) is 11.7. The van der Waals surface area contributed by atoms with E-state index in [1.807, 2.05) is 29.2 Å². The molecule has 2 heterocycles. The summed E-state index contributed by atoms with van der Waals surface area (Å²) in [6.07, 6.45) is 4.75. The predicted octanol–water partition coefficient (Wildman–Crippen LogP) is 4.52. The van der Waals surface area contributed by atoms with Gasteiger partial charge in [-0.05, 0) is 61.6 Å². The van der Waals surface area contributed by atoms with Gasteiger partial charge in [-0.15, -0.1) is 0 Å². The van der Waals surface area contributed by atoms with Gasteiger partial charge in [-0.25, -0.2) is 17.2 Å². The van der Waals surface area contributed by atoms with Crippen molar-refractivity contribution in [2.75, 3.05) is 26.7 Å². The molecule has 1 amide bonds. The van der Waals surface area contributed by atoms with E-state index in [0.717, 1.165) is 49.1 Å². The molecule has 0 aromatic heterocycles. The van der Waals surface area contributed by atoms with Crippen LogP contribution in [0.1, 0.15) is 50.1 Å². The lowest BCUT2D eigenvalue weighted by Gasteiger charge is -2.37. The molecule has 9 heteroatoms. The number of carbonyl (C=O) groups is 1. The third-order valence-electron chi connectivity index (χ3n) is 6.87. The minimum Gasteiger partial charge on any atom is -0.497 e. The summed E-state index contributed by atoms with van der Waals surface area (Å²) in [5, 5.41) is 0. The summed E-state index contributed by atoms with van der Waals surface area (Å²) in [6, 6.07) is 10.4. The van der Waals surface area contributed by atoms with Crippen LogP contribution in [-0.4, -0.2) is 50.3 Å². The van der Waals surface area contributed by atoms with Gasteiger partial charge in [-0.2, -0.15) is 4.31 Å². The zero-order valence-corrected chi connectivity index (χ0v) is 20.1. The Bertz CT molecular complexity index is 1120. The van der Waals surface area contributed by atoms with Crippen LogP contribution < -0.4 is 4.74 Å². The highest BCUT2D eigenvalue weighted by Crippen LogP contribution is 2.34. The van der Waals surface area contributed by atoms with Crippen molar-refractivity contribution in [1.82, 2.24) is 9.21 Å². The first-order chi connectivity index (χ1) is 16.3. The average Bonchev–Trinajstić information content (AvgIpc) is 3.11. The summed E-state index contributed by atoms with van der Waals surface area (Å²) in [5.74, 6) is -1.73. The number of piperidine rings is 1. The molecular formula is C25H30F2N2O4S. The normalized spacial score (nSPS) is 20.7. The summed E-state index contributed by atoms with van der Waals surface area (Å²) < 4.78 is 59.1. The number of nitrogens with zero attached hydrogens (tertiary/aromatic N) is 2. The van der Waals surface area contributed by atoms with Crippen molar-refractivity contribution in [2.24, 2.45) is 5.92 Å². The molecule has 1 atom stereocenters. The molecule has 0 saturated carbocycles. The van der Waals surface area contributed by atoms with E-state index in [2.05, 4.69) is 0 Å². The Morgan fingerprint density at radius 3 is 2.26 bits per heavy atom. The molecule has 2 aromatic carbocycles. The lowest BCUT2D eigenvalue weighted by Crippen LogP contribution is -2.45. The second-order valence-electron chi connectivity index (χ2n) is 8.92. The molecule has 0 aliphatic carbocycles. The Hall–Kier alpha value is -2.52. The van der Waals surface area contributed by atoms with Crippen molar-refractivity contribution >= 4 is 15.9 Å². The van der Waals surface area contributed by atoms with E-state index in [-0.39, 0.29) is 35.9 Å². The zero-order chi connectivity index (χ0) is 24.3. The van der Waals surface area contributed by atoms with E-state index in [9.17, 15) is 22.0 Å². The van der Waals surface area contributed by atoms with E-state index in [1.54, 1.807) is 7.11 Å². The minimum atomic E-state index is -3.95. The van der Waals surface area contributed by atoms with Gasteiger partial charge in [0.1, 0.15) is 5.75 Å². The third-order valence-corrected chi connectivity index (χ3v) is 8.76. The van der Waals surface area contributed by atoms with Gasteiger partial charge in [0.2, 0.25) is 15.9 Å². The fourth-order valence-electron chi connectivity index (χ4n) is 4.91. The Balaban J connectivity index is 1.46. The van der Waals surface area contributed by atoms with Crippen LogP contribution in [0, 0.1) is 17.6 Å². The van der Waals surface area contributed by atoms with Gasteiger partial charge in [0.15, 0.2) is 11.6 Å². The van der Waals surface area contributed by atoms with Crippen LogP contribution in [0.15, 0.2) is 47.4 Å². The van der Waals surface area contributed by atoms with Crippen LogP contribution in [0.3, 0.4) is 0 Å². The second-order valence-corrected chi connectivity index (χ2v) is 10.9. The predicted molar refractivity (Wildman–Crippen MR) is 124 cm³/mol. The molecular weight excluding hydrogens is 462 g/mol. The first-order valence-corrected chi connectivity index (χ1v) is 13.1. The lowest BCUT2D eigenvalue weighted by molar-refractivity contribution is -0.139. The zero-order valence-electron chi connectivity index (χ0n) is 19.3. The van der Waals surface area contributed by atoms with Crippen molar-refractivity contribution < 1.29 is 26.7 Å². The van der Waals surface area contributed by atoms with Crippen molar-refractivity contribution in [1.29, 1.82) is 0 Å². The number of likely N-dealkylation sites (tertiary alicyclic amines) is 1. The quantitative estimate of drug-likeness (QED) is 0.616. The topological polar surface area (TPSA) is 66.9 Å². The molecule has 4 rings (SSSR count). The summed E-state index contributed by atoms with van der Waals surface area (Å²) >= 11 is 0. The highest BCUT2D eigenvalue weighted by atomic mass is 32.2. The number of hydrogen-bond donors (Lipinski definition) is 0. The van der Waals surface area contributed by atoms with Crippen LogP contribution in [0.25, 0.3) is 0 Å². The SMILES string of the molecule is COc1ccc(C2CCCCCN2C(=O)C2CCN(S(=O)(=O)c3ccc(F)c(F)c3)CC2)cc1. The van der Waals surface area contributed by atoms with E-state index in [4.69, 9.17) is 4.74 Å². The largest absolute Gasteiger partial charge is 0.497 e. The molecule has 6 nitrogen and oxygen atoms in total. The molecule has 2 fully saturated rings. The molecule has 0 radical (unpaired) electrons. The van der Waals surface area contributed by atoms with Gasteiger partial charge in [0.05, 0.1) is 18.0 Å². The monoisotopic (exact) mass is 492 g/mol. The average molecular weight is 493 g/mol. The fourth-order valence-corrected chi connectivity index (χ4v) is 6.39. The summed E-state index contributed by atoms with van der Waals surface area (Å²) in [5.41, 5.74) is 1.08. The number of carbonyl (C=O) groups excluding carboxylic acids is 1. The van der Waals surface area contributed by atoms with Gasteiger partial charge in [-0.1, -0.05) is 25.0 Å². The third kappa shape index (κ3) is 5.10. The van der Waals surface area contributed by atoms with Crippen molar-refractivity contribution in [3.8, 4) is 5.75 Å². The smallest absolute Gasteiger partial charge is 0.243 e. The van der Waals surface area contributed by atoms with Crippen LogP contribution in [-0.2, 0) is 14.8 Å². The molecule has 184 valence electrons.